The molecule has 0 radical (unpaired) electrons. The van der Waals surface area contributed by atoms with Crippen molar-refractivity contribution in [1.82, 2.24) is 4.72 Å². The van der Waals surface area contributed by atoms with Gasteiger partial charge in [0.1, 0.15) is 11.8 Å². The highest BCUT2D eigenvalue weighted by atomic mass is 32.2. The molecule has 2 aromatic carbocycles. The Labute approximate surface area is 189 Å². The second-order valence-electron chi connectivity index (χ2n) is 6.85. The number of esters is 1. The zero-order valence-corrected chi connectivity index (χ0v) is 18.8. The minimum absolute atomic E-state index is 0.0244. The third-order valence-electron chi connectivity index (χ3n) is 4.53. The average Bonchev–Trinajstić information content (AvgIpc) is 2.80. The topological polar surface area (TPSA) is 128 Å². The van der Waals surface area contributed by atoms with Gasteiger partial charge in [-0.25, -0.2) is 8.42 Å². The summed E-state index contributed by atoms with van der Waals surface area (Å²) in [5.41, 5.74) is 0.569. The summed E-state index contributed by atoms with van der Waals surface area (Å²) >= 11 is 1.45. The number of fused-ring (bicyclic) bond motifs is 1. The van der Waals surface area contributed by atoms with E-state index in [1.54, 1.807) is 24.3 Å². The Bertz CT molecular complexity index is 1100. The summed E-state index contributed by atoms with van der Waals surface area (Å²) in [7, 11) is -3.94. The fourth-order valence-electron chi connectivity index (χ4n) is 2.89. The van der Waals surface area contributed by atoms with E-state index >= 15 is 0 Å². The highest BCUT2D eigenvalue weighted by Gasteiger charge is 2.27. The van der Waals surface area contributed by atoms with Crippen LogP contribution in [0.5, 0.6) is 5.75 Å². The molecule has 9 nitrogen and oxygen atoms in total. The third kappa shape index (κ3) is 6.09. The van der Waals surface area contributed by atoms with Crippen LogP contribution in [0.25, 0.3) is 0 Å². The Morgan fingerprint density at radius 1 is 1.22 bits per heavy atom. The number of ketones is 1. The van der Waals surface area contributed by atoms with Gasteiger partial charge in [0.2, 0.25) is 10.0 Å². The second-order valence-corrected chi connectivity index (χ2v) is 9.55. The number of thioether (sulfide) groups is 1. The Balaban J connectivity index is 1.65. The van der Waals surface area contributed by atoms with Crippen molar-refractivity contribution in [3.05, 3.63) is 54.1 Å². The number of sulfonamides is 1. The summed E-state index contributed by atoms with van der Waals surface area (Å²) < 4.78 is 37.9. The van der Waals surface area contributed by atoms with Crippen LogP contribution in [0.1, 0.15) is 16.8 Å². The highest BCUT2D eigenvalue weighted by molar-refractivity contribution is 7.98. The number of carbonyl (C=O) groups excluding carboxylic acids is 3. The Morgan fingerprint density at radius 2 is 1.97 bits per heavy atom. The molecule has 0 aromatic heterocycles. The molecule has 1 amide bonds. The van der Waals surface area contributed by atoms with Gasteiger partial charge in [0, 0.05) is 5.56 Å². The van der Waals surface area contributed by atoms with Gasteiger partial charge in [-0.1, -0.05) is 18.2 Å². The quantitative estimate of drug-likeness (QED) is 0.391. The molecular weight excluding hydrogens is 456 g/mol. The lowest BCUT2D eigenvalue weighted by Gasteiger charge is -2.19. The molecule has 32 heavy (non-hydrogen) atoms. The van der Waals surface area contributed by atoms with Crippen molar-refractivity contribution in [1.29, 1.82) is 0 Å². The van der Waals surface area contributed by atoms with Gasteiger partial charge in [-0.3, -0.25) is 14.4 Å². The van der Waals surface area contributed by atoms with Crippen LogP contribution >= 0.6 is 11.8 Å². The first-order chi connectivity index (χ1) is 15.3. The Kier molecular flexibility index (Phi) is 7.89. The predicted octanol–water partition coefficient (Wildman–Crippen LogP) is 1.84. The molecule has 3 rings (SSSR count). The molecular formula is C21H22N2O7S2. The Hall–Kier alpha value is -2.89. The van der Waals surface area contributed by atoms with Gasteiger partial charge in [0.15, 0.2) is 19.0 Å². The summed E-state index contributed by atoms with van der Waals surface area (Å²) in [6, 6.07) is 11.0. The molecule has 11 heteroatoms. The van der Waals surface area contributed by atoms with E-state index in [1.165, 1.54) is 36.0 Å². The molecule has 1 aliphatic rings. The molecule has 1 aliphatic heterocycles. The molecule has 2 aromatic rings. The van der Waals surface area contributed by atoms with Crippen LogP contribution < -0.4 is 14.8 Å². The van der Waals surface area contributed by atoms with E-state index in [4.69, 9.17) is 9.47 Å². The van der Waals surface area contributed by atoms with Crippen LogP contribution in [0.2, 0.25) is 0 Å². The average molecular weight is 479 g/mol. The van der Waals surface area contributed by atoms with Crippen molar-refractivity contribution in [3.63, 3.8) is 0 Å². The number of rotatable bonds is 10. The number of ether oxygens (including phenoxy) is 2. The lowest BCUT2D eigenvalue weighted by Crippen LogP contribution is -2.42. The minimum atomic E-state index is -3.94. The maximum atomic E-state index is 12.6. The number of anilines is 1. The Morgan fingerprint density at radius 3 is 2.69 bits per heavy atom. The van der Waals surface area contributed by atoms with Crippen LogP contribution in [-0.4, -0.2) is 57.3 Å². The monoisotopic (exact) mass is 478 g/mol. The van der Waals surface area contributed by atoms with Gasteiger partial charge in [-0.05, 0) is 48.8 Å². The lowest BCUT2D eigenvalue weighted by atomic mass is 10.1. The molecule has 0 aliphatic carbocycles. The van der Waals surface area contributed by atoms with Crippen LogP contribution in [-0.2, 0) is 24.3 Å². The van der Waals surface area contributed by atoms with Gasteiger partial charge in [-0.15, -0.1) is 0 Å². The SMILES string of the molecule is CSCCC(NS(=O)(=O)c1ccccc1)C(=O)OCC(=O)c1ccc2c(c1)NC(=O)CO2. The van der Waals surface area contributed by atoms with E-state index in [9.17, 15) is 22.8 Å². The first-order valence-corrected chi connectivity index (χ1v) is 12.5. The van der Waals surface area contributed by atoms with E-state index in [-0.39, 0.29) is 29.4 Å². The summed E-state index contributed by atoms with van der Waals surface area (Å²) in [6.45, 7) is -0.677. The van der Waals surface area contributed by atoms with Crippen molar-refractivity contribution in [3.8, 4) is 5.75 Å². The molecule has 2 N–H and O–H groups in total. The van der Waals surface area contributed by atoms with Gasteiger partial charge >= 0.3 is 5.97 Å². The number of benzene rings is 2. The zero-order chi connectivity index (χ0) is 23.1. The van der Waals surface area contributed by atoms with Crippen LogP contribution in [0, 0.1) is 0 Å². The molecule has 0 fully saturated rings. The standard InChI is InChI=1S/C21H22N2O7S2/c1-31-10-9-16(23-32(27,28)15-5-3-2-4-6-15)21(26)30-12-18(24)14-7-8-19-17(11-14)22-20(25)13-29-19/h2-8,11,16,23H,9-10,12-13H2,1H3,(H,22,25). The molecule has 170 valence electrons. The lowest BCUT2D eigenvalue weighted by molar-refractivity contribution is -0.144. The van der Waals surface area contributed by atoms with E-state index in [1.807, 2.05) is 6.26 Å². The van der Waals surface area contributed by atoms with Crippen LogP contribution in [0.15, 0.2) is 53.4 Å². The smallest absolute Gasteiger partial charge is 0.324 e. The molecule has 1 unspecified atom stereocenters. The van der Waals surface area contributed by atoms with E-state index < -0.39 is 34.4 Å². The van der Waals surface area contributed by atoms with Crippen LogP contribution in [0.3, 0.4) is 0 Å². The van der Waals surface area contributed by atoms with Gasteiger partial charge in [0.05, 0.1) is 10.6 Å². The van der Waals surface area contributed by atoms with Gasteiger partial charge in [-0.2, -0.15) is 16.5 Å². The number of nitrogens with one attached hydrogen (secondary N) is 2. The summed E-state index contributed by atoms with van der Waals surface area (Å²) in [4.78, 5) is 36.5. The summed E-state index contributed by atoms with van der Waals surface area (Å²) in [5, 5.41) is 2.60. The molecule has 0 bridgehead atoms. The maximum Gasteiger partial charge on any atom is 0.324 e. The first-order valence-electron chi connectivity index (χ1n) is 9.63. The largest absolute Gasteiger partial charge is 0.482 e. The van der Waals surface area contributed by atoms with Gasteiger partial charge in [0.25, 0.3) is 5.91 Å². The van der Waals surface area contributed by atoms with E-state index in [0.29, 0.717) is 17.2 Å². The molecule has 0 saturated heterocycles. The fourth-order valence-corrected chi connectivity index (χ4v) is 4.60. The zero-order valence-electron chi connectivity index (χ0n) is 17.2. The summed E-state index contributed by atoms with van der Waals surface area (Å²) in [6.07, 6.45) is 2.03. The number of amides is 1. The summed E-state index contributed by atoms with van der Waals surface area (Å²) in [5.74, 6) is -0.742. The van der Waals surface area contributed by atoms with Crippen molar-refractivity contribution in [2.45, 2.75) is 17.4 Å². The van der Waals surface area contributed by atoms with E-state index in [0.717, 1.165) is 0 Å². The fraction of sp³-hybridized carbons (Fsp3) is 0.286. The number of hydrogen-bond donors (Lipinski definition) is 2. The maximum absolute atomic E-state index is 12.6. The first kappa shape index (κ1) is 23.8. The van der Waals surface area contributed by atoms with Crippen molar-refractivity contribution in [2.24, 2.45) is 0 Å². The number of hydrogen-bond acceptors (Lipinski definition) is 8. The van der Waals surface area contributed by atoms with Crippen molar-refractivity contribution in [2.75, 3.05) is 30.5 Å². The highest BCUT2D eigenvalue weighted by Crippen LogP contribution is 2.28. The molecule has 1 atom stereocenters. The minimum Gasteiger partial charge on any atom is -0.482 e. The van der Waals surface area contributed by atoms with E-state index in [2.05, 4.69) is 10.0 Å². The van der Waals surface area contributed by atoms with Gasteiger partial charge < -0.3 is 14.8 Å². The van der Waals surface area contributed by atoms with Crippen LogP contribution in [0.4, 0.5) is 5.69 Å². The number of Topliss-reactive ketones (excluding diaryl/α,β-unsaturated/α-hetero) is 1. The van der Waals surface area contributed by atoms with Crippen molar-refractivity contribution < 1.29 is 32.3 Å². The second kappa shape index (κ2) is 10.6. The number of carbonyl (C=O) groups is 3. The predicted molar refractivity (Wildman–Crippen MR) is 119 cm³/mol. The molecule has 1 heterocycles. The molecule has 0 spiro atoms. The third-order valence-corrected chi connectivity index (χ3v) is 6.66. The normalized spacial score (nSPS) is 14.0. The molecule has 0 saturated carbocycles. The van der Waals surface area contributed by atoms with Crippen molar-refractivity contribution >= 4 is 45.1 Å².